The SMILES string of the molecule is NC1COCC1C(=O)Nc1cc(Cl)cc2cccnc12. The molecule has 2 unspecified atom stereocenters. The first-order valence-corrected chi connectivity index (χ1v) is 6.71. The Labute approximate surface area is 121 Å². The van der Waals surface area contributed by atoms with Gasteiger partial charge in [-0.05, 0) is 18.2 Å². The van der Waals surface area contributed by atoms with Crippen LogP contribution in [0.1, 0.15) is 0 Å². The van der Waals surface area contributed by atoms with E-state index in [4.69, 9.17) is 22.1 Å². The van der Waals surface area contributed by atoms with Crippen molar-refractivity contribution < 1.29 is 9.53 Å². The Bertz CT molecular complexity index is 662. The van der Waals surface area contributed by atoms with E-state index in [0.29, 0.717) is 29.4 Å². The number of halogens is 1. The number of nitrogens with zero attached hydrogens (tertiary/aromatic N) is 1. The first-order valence-electron chi connectivity index (χ1n) is 6.33. The maximum Gasteiger partial charge on any atom is 0.231 e. The molecule has 1 aliphatic heterocycles. The van der Waals surface area contributed by atoms with Crippen LogP contribution in [-0.2, 0) is 9.53 Å². The molecule has 1 aromatic heterocycles. The number of carbonyl (C=O) groups is 1. The van der Waals surface area contributed by atoms with Gasteiger partial charge in [-0.3, -0.25) is 9.78 Å². The second-order valence-electron chi connectivity index (χ2n) is 4.83. The van der Waals surface area contributed by atoms with E-state index in [1.54, 1.807) is 12.3 Å². The Morgan fingerprint density at radius 3 is 3.05 bits per heavy atom. The minimum Gasteiger partial charge on any atom is -0.379 e. The number of nitrogens with two attached hydrogens (primary N) is 1. The summed E-state index contributed by atoms with van der Waals surface area (Å²) in [6.07, 6.45) is 1.68. The second-order valence-corrected chi connectivity index (χ2v) is 5.26. The molecule has 2 heterocycles. The molecule has 0 saturated carbocycles. The Morgan fingerprint density at radius 2 is 2.30 bits per heavy atom. The fraction of sp³-hybridized carbons (Fsp3) is 0.286. The number of hydrogen-bond donors (Lipinski definition) is 2. The van der Waals surface area contributed by atoms with Crippen LogP contribution < -0.4 is 11.1 Å². The highest BCUT2D eigenvalue weighted by molar-refractivity contribution is 6.32. The third-order valence-electron chi connectivity index (χ3n) is 3.39. The van der Waals surface area contributed by atoms with Crippen LogP contribution in [0.15, 0.2) is 30.5 Å². The normalized spacial score (nSPS) is 22.1. The van der Waals surface area contributed by atoms with Gasteiger partial charge >= 0.3 is 0 Å². The van der Waals surface area contributed by atoms with Gasteiger partial charge in [0.25, 0.3) is 0 Å². The smallest absolute Gasteiger partial charge is 0.231 e. The van der Waals surface area contributed by atoms with Crippen molar-refractivity contribution in [3.05, 3.63) is 35.5 Å². The van der Waals surface area contributed by atoms with Gasteiger partial charge < -0.3 is 15.8 Å². The van der Waals surface area contributed by atoms with Crippen molar-refractivity contribution in [1.82, 2.24) is 4.98 Å². The molecule has 1 fully saturated rings. The van der Waals surface area contributed by atoms with Crippen molar-refractivity contribution in [2.45, 2.75) is 6.04 Å². The first kappa shape index (κ1) is 13.3. The molecular formula is C14H14ClN3O2. The van der Waals surface area contributed by atoms with Crippen LogP contribution in [0.25, 0.3) is 10.9 Å². The molecule has 1 amide bonds. The minimum absolute atomic E-state index is 0.163. The third kappa shape index (κ3) is 2.47. The summed E-state index contributed by atoms with van der Waals surface area (Å²) in [5, 5.41) is 4.28. The van der Waals surface area contributed by atoms with Crippen molar-refractivity contribution in [2.75, 3.05) is 18.5 Å². The van der Waals surface area contributed by atoms with Crippen LogP contribution in [-0.4, -0.2) is 30.1 Å². The molecule has 0 radical (unpaired) electrons. The zero-order valence-corrected chi connectivity index (χ0v) is 11.4. The predicted molar refractivity (Wildman–Crippen MR) is 77.7 cm³/mol. The van der Waals surface area contributed by atoms with E-state index in [1.165, 1.54) is 0 Å². The number of fused-ring (bicyclic) bond motifs is 1. The minimum atomic E-state index is -0.340. The highest BCUT2D eigenvalue weighted by Gasteiger charge is 2.31. The molecule has 2 atom stereocenters. The lowest BCUT2D eigenvalue weighted by Crippen LogP contribution is -2.37. The summed E-state index contributed by atoms with van der Waals surface area (Å²) in [6, 6.07) is 6.95. The predicted octanol–water partition coefficient (Wildman–Crippen LogP) is 1.80. The van der Waals surface area contributed by atoms with Gasteiger partial charge in [0, 0.05) is 22.6 Å². The van der Waals surface area contributed by atoms with Crippen LogP contribution >= 0.6 is 11.6 Å². The quantitative estimate of drug-likeness (QED) is 0.884. The lowest BCUT2D eigenvalue weighted by Gasteiger charge is -2.14. The summed E-state index contributed by atoms with van der Waals surface area (Å²) < 4.78 is 5.21. The highest BCUT2D eigenvalue weighted by atomic mass is 35.5. The average Bonchev–Trinajstić information content (AvgIpc) is 2.85. The van der Waals surface area contributed by atoms with Crippen LogP contribution in [0.4, 0.5) is 5.69 Å². The molecule has 1 saturated heterocycles. The molecule has 3 rings (SSSR count). The molecule has 1 aliphatic rings. The monoisotopic (exact) mass is 291 g/mol. The van der Waals surface area contributed by atoms with E-state index in [1.807, 2.05) is 18.2 Å². The Kier molecular flexibility index (Phi) is 3.56. The maximum atomic E-state index is 12.2. The molecule has 1 aromatic carbocycles. The molecule has 20 heavy (non-hydrogen) atoms. The lowest BCUT2D eigenvalue weighted by atomic mass is 10.0. The summed E-state index contributed by atoms with van der Waals surface area (Å²) in [5.41, 5.74) is 7.15. The zero-order valence-electron chi connectivity index (χ0n) is 10.7. The van der Waals surface area contributed by atoms with Crippen LogP contribution in [0.2, 0.25) is 5.02 Å². The number of pyridine rings is 1. The van der Waals surface area contributed by atoms with Gasteiger partial charge in [-0.25, -0.2) is 0 Å². The van der Waals surface area contributed by atoms with Crippen molar-refractivity contribution in [2.24, 2.45) is 11.7 Å². The summed E-state index contributed by atoms with van der Waals surface area (Å²) in [4.78, 5) is 16.5. The number of amides is 1. The number of rotatable bonds is 2. The van der Waals surface area contributed by atoms with E-state index >= 15 is 0 Å². The standard InChI is InChI=1S/C14H14ClN3O2/c15-9-4-8-2-1-3-17-13(8)12(5-9)18-14(19)10-6-20-7-11(10)16/h1-5,10-11H,6-7,16H2,(H,18,19). The molecule has 0 aliphatic carbocycles. The molecule has 3 N–H and O–H groups in total. The van der Waals surface area contributed by atoms with Crippen molar-refractivity contribution >= 4 is 34.1 Å². The number of nitrogens with one attached hydrogen (secondary N) is 1. The lowest BCUT2D eigenvalue weighted by molar-refractivity contribution is -0.120. The molecule has 0 spiro atoms. The summed E-state index contributed by atoms with van der Waals surface area (Å²) >= 11 is 6.07. The van der Waals surface area contributed by atoms with Crippen LogP contribution in [0.3, 0.4) is 0 Å². The van der Waals surface area contributed by atoms with Gasteiger partial charge in [0.05, 0.1) is 30.3 Å². The molecule has 104 valence electrons. The van der Waals surface area contributed by atoms with Crippen molar-refractivity contribution in [3.8, 4) is 0 Å². The third-order valence-corrected chi connectivity index (χ3v) is 3.61. The first-order chi connectivity index (χ1) is 9.65. The van der Waals surface area contributed by atoms with Crippen LogP contribution in [0.5, 0.6) is 0 Å². The van der Waals surface area contributed by atoms with Gasteiger partial charge in [-0.15, -0.1) is 0 Å². The summed E-state index contributed by atoms with van der Waals surface area (Å²) in [5.74, 6) is -0.503. The summed E-state index contributed by atoms with van der Waals surface area (Å²) in [6.45, 7) is 0.756. The van der Waals surface area contributed by atoms with Gasteiger partial charge in [0.15, 0.2) is 0 Å². The number of anilines is 1. The largest absolute Gasteiger partial charge is 0.379 e. The molecule has 0 bridgehead atoms. The molecular weight excluding hydrogens is 278 g/mol. The Balaban J connectivity index is 1.92. The molecule has 2 aromatic rings. The van der Waals surface area contributed by atoms with Gasteiger partial charge in [0.1, 0.15) is 0 Å². The van der Waals surface area contributed by atoms with E-state index in [-0.39, 0.29) is 17.9 Å². The Hall–Kier alpha value is -1.69. The van der Waals surface area contributed by atoms with Gasteiger partial charge in [-0.2, -0.15) is 0 Å². The fourth-order valence-corrected chi connectivity index (χ4v) is 2.54. The number of carbonyl (C=O) groups excluding carboxylic acids is 1. The Morgan fingerprint density at radius 1 is 1.45 bits per heavy atom. The van der Waals surface area contributed by atoms with Gasteiger partial charge in [-0.1, -0.05) is 17.7 Å². The zero-order chi connectivity index (χ0) is 14.1. The van der Waals surface area contributed by atoms with Crippen LogP contribution in [0, 0.1) is 5.92 Å². The number of benzene rings is 1. The maximum absolute atomic E-state index is 12.2. The topological polar surface area (TPSA) is 77.2 Å². The van der Waals surface area contributed by atoms with Crippen molar-refractivity contribution in [1.29, 1.82) is 0 Å². The van der Waals surface area contributed by atoms with Gasteiger partial charge in [0.2, 0.25) is 5.91 Å². The number of ether oxygens (including phenoxy) is 1. The van der Waals surface area contributed by atoms with Crippen molar-refractivity contribution in [3.63, 3.8) is 0 Å². The van der Waals surface area contributed by atoms with E-state index < -0.39 is 0 Å². The van der Waals surface area contributed by atoms with E-state index in [0.717, 1.165) is 5.39 Å². The molecule has 6 heteroatoms. The number of aromatic nitrogens is 1. The molecule has 5 nitrogen and oxygen atoms in total. The number of hydrogen-bond acceptors (Lipinski definition) is 4. The average molecular weight is 292 g/mol. The van der Waals surface area contributed by atoms with E-state index in [2.05, 4.69) is 10.3 Å². The summed E-state index contributed by atoms with van der Waals surface area (Å²) in [7, 11) is 0. The fourth-order valence-electron chi connectivity index (χ4n) is 2.32. The van der Waals surface area contributed by atoms with E-state index in [9.17, 15) is 4.79 Å². The second kappa shape index (κ2) is 5.36. The highest BCUT2D eigenvalue weighted by Crippen LogP contribution is 2.27.